The van der Waals surface area contributed by atoms with Gasteiger partial charge in [0.05, 0.1) is 17.6 Å². The second-order valence-corrected chi connectivity index (χ2v) is 8.98. The molecule has 106 valence electrons. The van der Waals surface area contributed by atoms with E-state index in [1.54, 1.807) is 0 Å². The van der Waals surface area contributed by atoms with Crippen LogP contribution in [0, 0.1) is 23.7 Å². The Kier molecular flexibility index (Phi) is 4.37. The maximum Gasteiger partial charge on any atom is 0.150 e. The molecule has 4 unspecified atom stereocenters. The summed E-state index contributed by atoms with van der Waals surface area (Å²) >= 11 is 0. The SMILES string of the molecule is CC1CC(C)CC(C(O)CC2CCS(=O)(=O)C2)C1. The van der Waals surface area contributed by atoms with E-state index in [0.29, 0.717) is 35.7 Å². The lowest BCUT2D eigenvalue weighted by molar-refractivity contribution is 0.0402. The molecule has 1 N–H and O–H groups in total. The van der Waals surface area contributed by atoms with Crippen LogP contribution in [0.2, 0.25) is 0 Å². The van der Waals surface area contributed by atoms with Crippen molar-refractivity contribution < 1.29 is 13.5 Å². The zero-order valence-electron chi connectivity index (χ0n) is 11.5. The molecule has 0 aromatic carbocycles. The molecular weight excluding hydrogens is 248 g/mol. The highest BCUT2D eigenvalue weighted by molar-refractivity contribution is 7.91. The van der Waals surface area contributed by atoms with Crippen molar-refractivity contribution in [3.05, 3.63) is 0 Å². The third-order valence-electron chi connectivity index (χ3n) is 4.66. The fourth-order valence-corrected chi connectivity index (χ4v) is 5.80. The van der Waals surface area contributed by atoms with Crippen LogP contribution in [0.15, 0.2) is 0 Å². The van der Waals surface area contributed by atoms with Crippen LogP contribution in [-0.4, -0.2) is 31.1 Å². The summed E-state index contributed by atoms with van der Waals surface area (Å²) in [5.41, 5.74) is 0. The van der Waals surface area contributed by atoms with E-state index in [1.165, 1.54) is 6.42 Å². The molecule has 0 radical (unpaired) electrons. The highest BCUT2D eigenvalue weighted by atomic mass is 32.2. The van der Waals surface area contributed by atoms with Gasteiger partial charge in [-0.2, -0.15) is 0 Å². The van der Waals surface area contributed by atoms with Gasteiger partial charge in [0.2, 0.25) is 0 Å². The first-order valence-electron chi connectivity index (χ1n) is 7.24. The van der Waals surface area contributed by atoms with E-state index in [1.807, 2.05) is 0 Å². The lowest BCUT2D eigenvalue weighted by Gasteiger charge is -2.35. The molecule has 2 rings (SSSR count). The van der Waals surface area contributed by atoms with Gasteiger partial charge in [0.25, 0.3) is 0 Å². The van der Waals surface area contributed by atoms with Gasteiger partial charge >= 0.3 is 0 Å². The summed E-state index contributed by atoms with van der Waals surface area (Å²) in [5.74, 6) is 2.58. The van der Waals surface area contributed by atoms with Crippen molar-refractivity contribution in [1.29, 1.82) is 0 Å². The van der Waals surface area contributed by atoms with E-state index in [0.717, 1.165) is 19.3 Å². The van der Waals surface area contributed by atoms with Gasteiger partial charge in [-0.25, -0.2) is 8.42 Å². The summed E-state index contributed by atoms with van der Waals surface area (Å²) in [4.78, 5) is 0. The molecule has 2 aliphatic rings. The Balaban J connectivity index is 1.86. The molecule has 1 saturated carbocycles. The quantitative estimate of drug-likeness (QED) is 0.858. The van der Waals surface area contributed by atoms with Crippen molar-refractivity contribution in [2.75, 3.05) is 11.5 Å². The first-order valence-corrected chi connectivity index (χ1v) is 9.06. The Bertz CT molecular complexity index is 367. The average molecular weight is 274 g/mol. The predicted molar refractivity (Wildman–Crippen MR) is 73.1 cm³/mol. The molecule has 4 heteroatoms. The fraction of sp³-hybridized carbons (Fsp3) is 1.00. The second kappa shape index (κ2) is 5.49. The smallest absolute Gasteiger partial charge is 0.150 e. The second-order valence-electron chi connectivity index (χ2n) is 6.75. The topological polar surface area (TPSA) is 54.4 Å². The fourth-order valence-electron chi connectivity index (χ4n) is 3.92. The van der Waals surface area contributed by atoms with Crippen LogP contribution in [-0.2, 0) is 9.84 Å². The molecule has 1 saturated heterocycles. The number of hydrogen-bond acceptors (Lipinski definition) is 3. The van der Waals surface area contributed by atoms with Crippen LogP contribution in [0.1, 0.15) is 46.0 Å². The van der Waals surface area contributed by atoms with Crippen LogP contribution in [0.4, 0.5) is 0 Å². The molecule has 3 nitrogen and oxygen atoms in total. The van der Waals surface area contributed by atoms with Gasteiger partial charge in [0, 0.05) is 0 Å². The third-order valence-corrected chi connectivity index (χ3v) is 6.50. The predicted octanol–water partition coefficient (Wildman–Crippen LogP) is 2.24. The normalized spacial score (nSPS) is 41.7. The maximum atomic E-state index is 11.4. The van der Waals surface area contributed by atoms with Crippen molar-refractivity contribution in [3.8, 4) is 0 Å². The van der Waals surface area contributed by atoms with Gasteiger partial charge in [0.15, 0.2) is 9.84 Å². The largest absolute Gasteiger partial charge is 0.393 e. The van der Waals surface area contributed by atoms with Crippen molar-refractivity contribution in [2.45, 2.75) is 52.1 Å². The number of hydrogen-bond donors (Lipinski definition) is 1. The molecule has 1 aliphatic heterocycles. The van der Waals surface area contributed by atoms with Crippen LogP contribution >= 0.6 is 0 Å². The molecule has 1 aliphatic carbocycles. The lowest BCUT2D eigenvalue weighted by Crippen LogP contribution is -2.31. The van der Waals surface area contributed by atoms with Crippen LogP contribution < -0.4 is 0 Å². The summed E-state index contributed by atoms with van der Waals surface area (Å²) < 4.78 is 22.8. The molecule has 0 amide bonds. The lowest BCUT2D eigenvalue weighted by atomic mass is 9.73. The van der Waals surface area contributed by atoms with Gasteiger partial charge < -0.3 is 5.11 Å². The van der Waals surface area contributed by atoms with Crippen molar-refractivity contribution in [3.63, 3.8) is 0 Å². The zero-order chi connectivity index (χ0) is 13.3. The minimum absolute atomic E-state index is 0.192. The van der Waals surface area contributed by atoms with Crippen LogP contribution in [0.25, 0.3) is 0 Å². The summed E-state index contributed by atoms with van der Waals surface area (Å²) in [7, 11) is -2.80. The van der Waals surface area contributed by atoms with Gasteiger partial charge in [-0.3, -0.25) is 0 Å². The first-order chi connectivity index (χ1) is 8.35. The zero-order valence-corrected chi connectivity index (χ0v) is 12.3. The Labute approximate surface area is 111 Å². The van der Waals surface area contributed by atoms with E-state index < -0.39 is 9.84 Å². The van der Waals surface area contributed by atoms with Gasteiger partial charge in [-0.1, -0.05) is 13.8 Å². The molecular formula is C14H26O3S. The Hall–Kier alpha value is -0.0900. The molecule has 1 heterocycles. The summed E-state index contributed by atoms with van der Waals surface area (Å²) in [6, 6.07) is 0. The van der Waals surface area contributed by atoms with E-state index in [4.69, 9.17) is 0 Å². The first kappa shape index (κ1) is 14.3. The number of aliphatic hydroxyl groups excluding tert-OH is 1. The number of aliphatic hydroxyl groups is 1. The molecule has 4 atom stereocenters. The summed E-state index contributed by atoms with van der Waals surface area (Å²) in [6.45, 7) is 4.52. The molecule has 0 aromatic rings. The average Bonchev–Trinajstić information content (AvgIpc) is 2.56. The molecule has 2 fully saturated rings. The van der Waals surface area contributed by atoms with E-state index >= 15 is 0 Å². The standard InChI is InChI=1S/C14H26O3S/c1-10-5-11(2)7-13(6-10)14(15)8-12-3-4-18(16,17)9-12/h10-15H,3-9H2,1-2H3. The van der Waals surface area contributed by atoms with Crippen LogP contribution in [0.3, 0.4) is 0 Å². The van der Waals surface area contributed by atoms with E-state index in [9.17, 15) is 13.5 Å². The molecule has 0 spiro atoms. The highest BCUT2D eigenvalue weighted by Crippen LogP contribution is 2.37. The minimum Gasteiger partial charge on any atom is -0.393 e. The van der Waals surface area contributed by atoms with Gasteiger partial charge in [-0.05, 0) is 55.8 Å². The molecule has 0 bridgehead atoms. The summed E-state index contributed by atoms with van der Waals surface area (Å²) in [6.07, 6.45) is 4.60. The van der Waals surface area contributed by atoms with Gasteiger partial charge in [0.1, 0.15) is 0 Å². The highest BCUT2D eigenvalue weighted by Gasteiger charge is 2.34. The number of rotatable bonds is 3. The van der Waals surface area contributed by atoms with E-state index in [2.05, 4.69) is 13.8 Å². The van der Waals surface area contributed by atoms with Crippen molar-refractivity contribution in [1.82, 2.24) is 0 Å². The molecule has 0 aromatic heterocycles. The number of sulfone groups is 1. The Morgan fingerprint density at radius 2 is 1.78 bits per heavy atom. The Morgan fingerprint density at radius 3 is 2.28 bits per heavy atom. The van der Waals surface area contributed by atoms with Gasteiger partial charge in [-0.15, -0.1) is 0 Å². The third kappa shape index (κ3) is 3.70. The molecule has 18 heavy (non-hydrogen) atoms. The monoisotopic (exact) mass is 274 g/mol. The van der Waals surface area contributed by atoms with Crippen LogP contribution in [0.5, 0.6) is 0 Å². The van der Waals surface area contributed by atoms with Crippen molar-refractivity contribution in [2.24, 2.45) is 23.7 Å². The minimum atomic E-state index is -2.80. The van der Waals surface area contributed by atoms with Crippen molar-refractivity contribution >= 4 is 9.84 Å². The van der Waals surface area contributed by atoms with E-state index in [-0.39, 0.29) is 12.0 Å². The maximum absolute atomic E-state index is 11.4. The summed E-state index contributed by atoms with van der Waals surface area (Å²) in [5, 5.41) is 10.3. The Morgan fingerprint density at radius 1 is 1.17 bits per heavy atom.